The third-order valence-electron chi connectivity index (χ3n) is 2.56. The molecule has 1 aromatic carbocycles. The number of nitrogens with one attached hydrogen (secondary N) is 2. The van der Waals surface area contributed by atoms with Gasteiger partial charge in [0, 0.05) is 24.4 Å². The number of hydrogen-bond acceptors (Lipinski definition) is 3. The fourth-order valence-electron chi connectivity index (χ4n) is 1.61. The highest BCUT2D eigenvalue weighted by Crippen LogP contribution is 2.11. The van der Waals surface area contributed by atoms with Gasteiger partial charge in [-0.1, -0.05) is 6.07 Å². The molecule has 2 rings (SSSR count). The lowest BCUT2D eigenvalue weighted by molar-refractivity contribution is -0.111. The van der Waals surface area contributed by atoms with Gasteiger partial charge in [-0.05, 0) is 36.4 Å². The Bertz CT molecular complexity index is 630. The van der Waals surface area contributed by atoms with Crippen LogP contribution in [-0.2, 0) is 4.79 Å². The molecule has 0 saturated carbocycles. The standard InChI is InChI=1S/C15H14N2O3/c1-16-15(19)11-4-2-5-12(10-11)17-14(18)8-7-13-6-3-9-20-13/h2-10H,1H3,(H,16,19)(H,17,18). The van der Waals surface area contributed by atoms with E-state index in [0.717, 1.165) is 0 Å². The van der Waals surface area contributed by atoms with Crippen molar-refractivity contribution in [2.24, 2.45) is 0 Å². The van der Waals surface area contributed by atoms with E-state index in [1.165, 1.54) is 12.3 Å². The summed E-state index contributed by atoms with van der Waals surface area (Å²) in [5, 5.41) is 5.20. The zero-order valence-corrected chi connectivity index (χ0v) is 10.9. The summed E-state index contributed by atoms with van der Waals surface area (Å²) in [5.74, 6) is 0.0990. The summed E-state index contributed by atoms with van der Waals surface area (Å²) < 4.78 is 5.08. The van der Waals surface area contributed by atoms with E-state index in [-0.39, 0.29) is 11.8 Å². The first-order valence-corrected chi connectivity index (χ1v) is 6.04. The van der Waals surface area contributed by atoms with Crippen LogP contribution in [0.3, 0.4) is 0 Å². The van der Waals surface area contributed by atoms with Crippen LogP contribution in [0.25, 0.3) is 6.08 Å². The van der Waals surface area contributed by atoms with E-state index in [0.29, 0.717) is 17.0 Å². The summed E-state index contributed by atoms with van der Waals surface area (Å²) in [6, 6.07) is 10.2. The molecule has 102 valence electrons. The Labute approximate surface area is 116 Å². The van der Waals surface area contributed by atoms with E-state index in [4.69, 9.17) is 4.42 Å². The molecule has 0 saturated heterocycles. The predicted octanol–water partition coefficient (Wildman–Crippen LogP) is 2.29. The maximum Gasteiger partial charge on any atom is 0.251 e. The van der Waals surface area contributed by atoms with Gasteiger partial charge in [0.15, 0.2) is 0 Å². The largest absolute Gasteiger partial charge is 0.465 e. The molecule has 2 aromatic rings. The summed E-state index contributed by atoms with van der Waals surface area (Å²) >= 11 is 0. The van der Waals surface area contributed by atoms with Crippen LogP contribution >= 0.6 is 0 Å². The number of rotatable bonds is 4. The zero-order valence-electron chi connectivity index (χ0n) is 10.9. The summed E-state index contributed by atoms with van der Waals surface area (Å²) in [4.78, 5) is 23.2. The van der Waals surface area contributed by atoms with Gasteiger partial charge in [-0.25, -0.2) is 0 Å². The SMILES string of the molecule is CNC(=O)c1cccc(NC(=O)C=Cc2ccco2)c1. The first kappa shape index (κ1) is 13.6. The minimum absolute atomic E-state index is 0.202. The maximum atomic E-state index is 11.7. The fraction of sp³-hybridized carbons (Fsp3) is 0.0667. The van der Waals surface area contributed by atoms with Crippen LogP contribution < -0.4 is 10.6 Å². The van der Waals surface area contributed by atoms with Crippen LogP contribution in [0.2, 0.25) is 0 Å². The van der Waals surface area contributed by atoms with Crippen molar-refractivity contribution in [1.82, 2.24) is 5.32 Å². The van der Waals surface area contributed by atoms with Crippen LogP contribution in [-0.4, -0.2) is 18.9 Å². The normalized spacial score (nSPS) is 10.4. The minimum atomic E-state index is -0.296. The topological polar surface area (TPSA) is 71.3 Å². The number of hydrogen-bond donors (Lipinski definition) is 2. The lowest BCUT2D eigenvalue weighted by Crippen LogP contribution is -2.18. The highest BCUT2D eigenvalue weighted by molar-refractivity contribution is 6.02. The monoisotopic (exact) mass is 270 g/mol. The van der Waals surface area contributed by atoms with E-state index in [1.807, 2.05) is 0 Å². The molecule has 5 heteroatoms. The third-order valence-corrected chi connectivity index (χ3v) is 2.56. The molecular formula is C15H14N2O3. The van der Waals surface area contributed by atoms with Crippen molar-refractivity contribution in [1.29, 1.82) is 0 Å². The molecule has 20 heavy (non-hydrogen) atoms. The van der Waals surface area contributed by atoms with Gasteiger partial charge in [-0.3, -0.25) is 9.59 Å². The van der Waals surface area contributed by atoms with Crippen molar-refractivity contribution in [3.63, 3.8) is 0 Å². The first-order valence-electron chi connectivity index (χ1n) is 6.04. The van der Waals surface area contributed by atoms with Crippen LogP contribution in [0.4, 0.5) is 5.69 Å². The van der Waals surface area contributed by atoms with E-state index in [2.05, 4.69) is 10.6 Å². The molecule has 0 unspecified atom stereocenters. The summed E-state index contributed by atoms with van der Waals surface area (Å²) in [6.07, 6.45) is 4.47. The van der Waals surface area contributed by atoms with Gasteiger partial charge in [0.1, 0.15) is 5.76 Å². The molecule has 0 bridgehead atoms. The quantitative estimate of drug-likeness (QED) is 0.837. The number of carbonyl (C=O) groups excluding carboxylic acids is 2. The second-order valence-electron chi connectivity index (χ2n) is 4.00. The molecule has 0 spiro atoms. The zero-order chi connectivity index (χ0) is 14.4. The Morgan fingerprint density at radius 3 is 2.75 bits per heavy atom. The Kier molecular flexibility index (Phi) is 4.34. The van der Waals surface area contributed by atoms with Gasteiger partial charge in [0.05, 0.1) is 6.26 Å². The Balaban J connectivity index is 2.02. The van der Waals surface area contributed by atoms with Crippen molar-refractivity contribution in [3.8, 4) is 0 Å². The summed E-state index contributed by atoms with van der Waals surface area (Å²) in [7, 11) is 1.56. The van der Waals surface area contributed by atoms with Gasteiger partial charge >= 0.3 is 0 Å². The summed E-state index contributed by atoms with van der Waals surface area (Å²) in [6.45, 7) is 0. The van der Waals surface area contributed by atoms with Gasteiger partial charge in [-0.2, -0.15) is 0 Å². The van der Waals surface area contributed by atoms with Gasteiger partial charge in [0.25, 0.3) is 5.91 Å². The van der Waals surface area contributed by atoms with Gasteiger partial charge < -0.3 is 15.1 Å². The number of benzene rings is 1. The average molecular weight is 270 g/mol. The molecule has 5 nitrogen and oxygen atoms in total. The molecule has 1 aromatic heterocycles. The fourth-order valence-corrected chi connectivity index (χ4v) is 1.61. The van der Waals surface area contributed by atoms with Crippen molar-refractivity contribution < 1.29 is 14.0 Å². The maximum absolute atomic E-state index is 11.7. The van der Waals surface area contributed by atoms with Crippen molar-refractivity contribution in [3.05, 3.63) is 60.1 Å². The van der Waals surface area contributed by atoms with Gasteiger partial charge in [0.2, 0.25) is 5.91 Å². The van der Waals surface area contributed by atoms with E-state index in [9.17, 15) is 9.59 Å². The Morgan fingerprint density at radius 1 is 1.20 bits per heavy atom. The molecule has 2 N–H and O–H groups in total. The summed E-state index contributed by atoms with van der Waals surface area (Å²) in [5.41, 5.74) is 1.04. The van der Waals surface area contributed by atoms with Crippen molar-refractivity contribution in [2.75, 3.05) is 12.4 Å². The average Bonchev–Trinajstić information content (AvgIpc) is 2.98. The number of furan rings is 1. The highest BCUT2D eigenvalue weighted by Gasteiger charge is 2.04. The Morgan fingerprint density at radius 2 is 2.05 bits per heavy atom. The third kappa shape index (κ3) is 3.58. The van der Waals surface area contributed by atoms with E-state index in [1.54, 1.807) is 49.5 Å². The Hall–Kier alpha value is -2.82. The van der Waals surface area contributed by atoms with Crippen LogP contribution in [0.5, 0.6) is 0 Å². The number of carbonyl (C=O) groups is 2. The molecule has 0 aliphatic carbocycles. The molecule has 0 radical (unpaired) electrons. The highest BCUT2D eigenvalue weighted by atomic mass is 16.3. The molecule has 1 heterocycles. The van der Waals surface area contributed by atoms with Crippen molar-refractivity contribution in [2.45, 2.75) is 0 Å². The van der Waals surface area contributed by atoms with Gasteiger partial charge in [-0.15, -0.1) is 0 Å². The first-order chi connectivity index (χ1) is 9.69. The lowest BCUT2D eigenvalue weighted by Gasteiger charge is -2.04. The van der Waals surface area contributed by atoms with E-state index < -0.39 is 0 Å². The molecule has 2 amide bonds. The van der Waals surface area contributed by atoms with Crippen molar-refractivity contribution >= 4 is 23.6 Å². The number of amides is 2. The van der Waals surface area contributed by atoms with Crippen LogP contribution in [0, 0.1) is 0 Å². The molecule has 0 aliphatic rings. The second kappa shape index (κ2) is 6.38. The molecule has 0 aliphatic heterocycles. The predicted molar refractivity (Wildman–Crippen MR) is 76.2 cm³/mol. The van der Waals surface area contributed by atoms with Crippen LogP contribution in [0.1, 0.15) is 16.1 Å². The molecule has 0 fully saturated rings. The molecule has 0 atom stereocenters. The minimum Gasteiger partial charge on any atom is -0.465 e. The smallest absolute Gasteiger partial charge is 0.251 e. The second-order valence-corrected chi connectivity index (χ2v) is 4.00. The van der Waals surface area contributed by atoms with E-state index >= 15 is 0 Å². The molecular weight excluding hydrogens is 256 g/mol. The lowest BCUT2D eigenvalue weighted by atomic mass is 10.2. The van der Waals surface area contributed by atoms with Crippen LogP contribution in [0.15, 0.2) is 53.2 Å². The number of anilines is 1.